The third kappa shape index (κ3) is 4.47. The molecular weight excluding hydrogens is 388 g/mol. The van der Waals surface area contributed by atoms with E-state index in [0.29, 0.717) is 16.5 Å². The molecule has 0 bridgehead atoms. The third-order valence-corrected chi connectivity index (χ3v) is 4.39. The molecule has 0 spiro atoms. The summed E-state index contributed by atoms with van der Waals surface area (Å²) < 4.78 is 57.8. The summed E-state index contributed by atoms with van der Waals surface area (Å²) in [6.45, 7) is 3.56. The maximum absolute atomic E-state index is 13.3. The third-order valence-electron chi connectivity index (χ3n) is 4.39. The molecule has 0 aliphatic heterocycles. The quantitative estimate of drug-likeness (QED) is 0.605. The Morgan fingerprint density at radius 1 is 1.17 bits per heavy atom. The minimum absolute atomic E-state index is 0.0476. The van der Waals surface area contributed by atoms with Gasteiger partial charge in [-0.3, -0.25) is 4.79 Å². The Hall–Kier alpha value is -3.16. The molecule has 3 rings (SSSR count). The number of amides is 1. The van der Waals surface area contributed by atoms with Crippen LogP contribution in [0.3, 0.4) is 0 Å². The normalized spacial score (nSPS) is 11.5. The van der Waals surface area contributed by atoms with Crippen molar-refractivity contribution in [2.24, 2.45) is 0 Å². The highest BCUT2D eigenvalue weighted by Crippen LogP contribution is 2.34. The summed E-state index contributed by atoms with van der Waals surface area (Å²) >= 11 is 0. The van der Waals surface area contributed by atoms with E-state index >= 15 is 0 Å². The molecule has 2 aromatic carbocycles. The van der Waals surface area contributed by atoms with E-state index < -0.39 is 23.5 Å². The molecule has 0 aliphatic rings. The smallest absolute Gasteiger partial charge is 0.416 e. The maximum atomic E-state index is 13.3. The van der Waals surface area contributed by atoms with Crippen LogP contribution in [0.25, 0.3) is 10.9 Å². The minimum Gasteiger partial charge on any atom is -0.477 e. The number of aromatic nitrogens is 1. The molecular formula is C21H18F4N2O2. The molecule has 1 amide bonds. The molecule has 0 saturated heterocycles. The van der Waals surface area contributed by atoms with Gasteiger partial charge in [-0.2, -0.15) is 13.2 Å². The maximum Gasteiger partial charge on any atom is 0.416 e. The number of carbonyl (C=O) groups is 1. The number of carbonyl (C=O) groups excluding carboxylic acids is 1. The van der Waals surface area contributed by atoms with Gasteiger partial charge in [0.1, 0.15) is 11.4 Å². The van der Waals surface area contributed by atoms with Gasteiger partial charge in [-0.1, -0.05) is 18.2 Å². The second kappa shape index (κ2) is 8.06. The van der Waals surface area contributed by atoms with E-state index in [2.05, 4.69) is 10.3 Å². The first kappa shape index (κ1) is 20.6. The van der Waals surface area contributed by atoms with Crippen LogP contribution in [0.15, 0.2) is 42.5 Å². The van der Waals surface area contributed by atoms with Gasteiger partial charge >= 0.3 is 6.18 Å². The molecule has 3 aromatic rings. The van der Waals surface area contributed by atoms with Crippen molar-refractivity contribution < 1.29 is 27.1 Å². The molecule has 4 nitrogen and oxygen atoms in total. The fourth-order valence-electron chi connectivity index (χ4n) is 3.00. The summed E-state index contributed by atoms with van der Waals surface area (Å²) in [6.07, 6.45) is -4.50. The first-order valence-electron chi connectivity index (χ1n) is 8.87. The number of aryl methyl sites for hydroxylation is 1. The number of benzene rings is 2. The Labute approximate surface area is 164 Å². The fraction of sp³-hybridized carbons (Fsp3) is 0.238. The standard InChI is InChI=1S/C21H18F4N2O2/c1-3-29-20-18(19(28)26-11-13-5-4-6-15(22)9-13)12(2)16-8-7-14(21(23,24)25)10-17(16)27-20/h4-10H,3,11H2,1-2H3,(H,26,28). The van der Waals surface area contributed by atoms with Crippen LogP contribution in [0, 0.1) is 12.7 Å². The van der Waals surface area contributed by atoms with Crippen LogP contribution in [-0.4, -0.2) is 17.5 Å². The average molecular weight is 406 g/mol. The molecule has 0 saturated carbocycles. The van der Waals surface area contributed by atoms with Crippen molar-refractivity contribution in [3.05, 3.63) is 70.5 Å². The highest BCUT2D eigenvalue weighted by molar-refractivity contribution is 6.02. The Bertz CT molecular complexity index is 1060. The van der Waals surface area contributed by atoms with Crippen molar-refractivity contribution in [1.82, 2.24) is 10.3 Å². The van der Waals surface area contributed by atoms with E-state index in [1.165, 1.54) is 24.3 Å². The number of ether oxygens (including phenoxy) is 1. The van der Waals surface area contributed by atoms with Crippen molar-refractivity contribution in [1.29, 1.82) is 0 Å². The van der Waals surface area contributed by atoms with Gasteiger partial charge in [0.05, 0.1) is 17.7 Å². The number of alkyl halides is 3. The average Bonchev–Trinajstić information content (AvgIpc) is 2.65. The first-order chi connectivity index (χ1) is 13.7. The van der Waals surface area contributed by atoms with Gasteiger partial charge in [0, 0.05) is 11.9 Å². The number of hydrogen-bond donors (Lipinski definition) is 1. The summed E-state index contributed by atoms with van der Waals surface area (Å²) in [6, 6.07) is 8.96. The largest absolute Gasteiger partial charge is 0.477 e. The SMILES string of the molecule is CCOc1nc2cc(C(F)(F)F)ccc2c(C)c1C(=O)NCc1cccc(F)c1. The van der Waals surface area contributed by atoms with Crippen LogP contribution >= 0.6 is 0 Å². The number of fused-ring (bicyclic) bond motifs is 1. The Kier molecular flexibility index (Phi) is 5.72. The zero-order chi connectivity index (χ0) is 21.2. The van der Waals surface area contributed by atoms with Crippen molar-refractivity contribution >= 4 is 16.8 Å². The Morgan fingerprint density at radius 3 is 2.59 bits per heavy atom. The van der Waals surface area contributed by atoms with Gasteiger partial charge in [-0.05, 0) is 49.2 Å². The van der Waals surface area contributed by atoms with E-state index in [4.69, 9.17) is 4.74 Å². The molecule has 0 radical (unpaired) electrons. The van der Waals surface area contributed by atoms with Crippen molar-refractivity contribution in [2.75, 3.05) is 6.61 Å². The summed E-state index contributed by atoms with van der Waals surface area (Å²) in [7, 11) is 0. The number of nitrogens with one attached hydrogen (secondary N) is 1. The van der Waals surface area contributed by atoms with E-state index in [1.807, 2.05) is 0 Å². The first-order valence-corrected chi connectivity index (χ1v) is 8.87. The highest BCUT2D eigenvalue weighted by atomic mass is 19.4. The van der Waals surface area contributed by atoms with Gasteiger partial charge in [-0.15, -0.1) is 0 Å². The zero-order valence-electron chi connectivity index (χ0n) is 15.7. The molecule has 0 aliphatic carbocycles. The van der Waals surface area contributed by atoms with E-state index in [0.717, 1.165) is 12.1 Å². The van der Waals surface area contributed by atoms with E-state index in [9.17, 15) is 22.4 Å². The van der Waals surface area contributed by atoms with Crippen LogP contribution in [0.4, 0.5) is 17.6 Å². The second-order valence-corrected chi connectivity index (χ2v) is 6.39. The Balaban J connectivity index is 2.00. The van der Waals surface area contributed by atoms with Gasteiger partial charge in [0.2, 0.25) is 5.88 Å². The molecule has 8 heteroatoms. The van der Waals surface area contributed by atoms with Gasteiger partial charge in [0.25, 0.3) is 5.91 Å². The lowest BCUT2D eigenvalue weighted by molar-refractivity contribution is -0.137. The molecule has 0 atom stereocenters. The summed E-state index contributed by atoms with van der Waals surface area (Å²) in [5.41, 5.74) is 0.405. The lowest BCUT2D eigenvalue weighted by atomic mass is 10.0. The van der Waals surface area contributed by atoms with Crippen molar-refractivity contribution in [3.8, 4) is 5.88 Å². The molecule has 1 heterocycles. The molecule has 29 heavy (non-hydrogen) atoms. The molecule has 1 N–H and O–H groups in total. The number of nitrogens with zero attached hydrogens (tertiary/aromatic N) is 1. The molecule has 152 valence electrons. The van der Waals surface area contributed by atoms with E-state index in [1.54, 1.807) is 19.9 Å². The van der Waals surface area contributed by atoms with Gasteiger partial charge in [-0.25, -0.2) is 9.37 Å². The van der Waals surface area contributed by atoms with Gasteiger partial charge in [0.15, 0.2) is 0 Å². The van der Waals surface area contributed by atoms with Crippen LogP contribution in [0.2, 0.25) is 0 Å². The summed E-state index contributed by atoms with van der Waals surface area (Å²) in [5.74, 6) is -0.978. The number of rotatable bonds is 5. The van der Waals surface area contributed by atoms with Crippen molar-refractivity contribution in [2.45, 2.75) is 26.6 Å². The molecule has 0 fully saturated rings. The zero-order valence-corrected chi connectivity index (χ0v) is 15.7. The second-order valence-electron chi connectivity index (χ2n) is 6.39. The predicted octanol–water partition coefficient (Wildman–Crippen LogP) is 5.03. The number of pyridine rings is 1. The lowest BCUT2D eigenvalue weighted by Gasteiger charge is -2.16. The van der Waals surface area contributed by atoms with Crippen LogP contribution in [0.1, 0.15) is 34.0 Å². The minimum atomic E-state index is -4.50. The Morgan fingerprint density at radius 2 is 1.93 bits per heavy atom. The topological polar surface area (TPSA) is 51.2 Å². The molecule has 1 aromatic heterocycles. The van der Waals surface area contributed by atoms with Crippen LogP contribution < -0.4 is 10.1 Å². The van der Waals surface area contributed by atoms with Crippen molar-refractivity contribution in [3.63, 3.8) is 0 Å². The monoisotopic (exact) mass is 406 g/mol. The van der Waals surface area contributed by atoms with Gasteiger partial charge < -0.3 is 10.1 Å². The highest BCUT2D eigenvalue weighted by Gasteiger charge is 2.31. The van der Waals surface area contributed by atoms with Crippen LogP contribution in [0.5, 0.6) is 5.88 Å². The lowest BCUT2D eigenvalue weighted by Crippen LogP contribution is -2.25. The molecule has 0 unspecified atom stereocenters. The summed E-state index contributed by atoms with van der Waals surface area (Å²) in [5, 5.41) is 3.09. The van der Waals surface area contributed by atoms with E-state index in [-0.39, 0.29) is 30.1 Å². The summed E-state index contributed by atoms with van der Waals surface area (Å²) in [4.78, 5) is 16.9. The fourth-order valence-corrected chi connectivity index (χ4v) is 3.00. The van der Waals surface area contributed by atoms with Crippen LogP contribution in [-0.2, 0) is 12.7 Å². The number of hydrogen-bond acceptors (Lipinski definition) is 3. The predicted molar refractivity (Wildman–Crippen MR) is 100 cm³/mol. The number of halogens is 4.